The van der Waals surface area contributed by atoms with Crippen LogP contribution in [0.15, 0.2) is 76.1 Å². The number of aromatic nitrogens is 1. The van der Waals surface area contributed by atoms with E-state index in [9.17, 15) is 14.7 Å². The molecule has 9 nitrogen and oxygen atoms in total. The molecule has 0 radical (unpaired) electrons. The summed E-state index contributed by atoms with van der Waals surface area (Å²) in [6.45, 7) is 3.59. The van der Waals surface area contributed by atoms with Crippen LogP contribution in [0, 0.1) is 0 Å². The van der Waals surface area contributed by atoms with Crippen LogP contribution in [0.5, 0.6) is 11.5 Å². The molecule has 2 aromatic heterocycles. The van der Waals surface area contributed by atoms with Crippen LogP contribution in [0.1, 0.15) is 29.4 Å². The van der Waals surface area contributed by atoms with E-state index in [4.69, 9.17) is 13.9 Å². The Morgan fingerprint density at radius 3 is 2.54 bits per heavy atom. The molecule has 1 aliphatic heterocycles. The highest BCUT2D eigenvalue weighted by atomic mass is 16.5. The lowest BCUT2D eigenvalue weighted by Crippen LogP contribution is -2.46. The highest BCUT2D eigenvalue weighted by molar-refractivity contribution is 5.80. The number of fused-ring (bicyclic) bond motifs is 1. The van der Waals surface area contributed by atoms with Crippen LogP contribution in [0.4, 0.5) is 5.69 Å². The lowest BCUT2D eigenvalue weighted by Gasteiger charge is -2.36. The van der Waals surface area contributed by atoms with E-state index in [0.29, 0.717) is 17.9 Å². The number of rotatable bonds is 8. The average Bonchev–Trinajstić information content (AvgIpc) is 2.98. The molecule has 39 heavy (non-hydrogen) atoms. The van der Waals surface area contributed by atoms with E-state index in [0.717, 1.165) is 48.5 Å². The molecule has 3 heterocycles. The summed E-state index contributed by atoms with van der Waals surface area (Å²) in [4.78, 5) is 34.0. The van der Waals surface area contributed by atoms with Gasteiger partial charge in [0.05, 0.1) is 38.6 Å². The maximum absolute atomic E-state index is 12.8. The first-order valence-electron chi connectivity index (χ1n) is 12.8. The third-order valence-corrected chi connectivity index (χ3v) is 7.13. The van der Waals surface area contributed by atoms with Gasteiger partial charge in [0, 0.05) is 49.5 Å². The summed E-state index contributed by atoms with van der Waals surface area (Å²) >= 11 is 0. The molecule has 9 heteroatoms. The van der Waals surface area contributed by atoms with Crippen LogP contribution in [-0.2, 0) is 16.1 Å². The number of aromatic hydroxyl groups is 1. The molecule has 0 unspecified atom stereocenters. The van der Waals surface area contributed by atoms with Crippen LogP contribution >= 0.6 is 0 Å². The molecule has 1 aliphatic rings. The number of methoxy groups -OCH3 is 2. The van der Waals surface area contributed by atoms with E-state index < -0.39 is 23.1 Å². The van der Waals surface area contributed by atoms with Gasteiger partial charge in [-0.1, -0.05) is 12.1 Å². The van der Waals surface area contributed by atoms with Gasteiger partial charge in [-0.3, -0.25) is 19.5 Å². The zero-order chi connectivity index (χ0) is 27.4. The summed E-state index contributed by atoms with van der Waals surface area (Å²) in [7, 11) is 2.96. The normalized spacial score (nSPS) is 14.8. The number of nitrogens with zero attached hydrogens (tertiary/aromatic N) is 3. The molecule has 1 saturated heterocycles. The Labute approximate surface area is 226 Å². The first kappa shape index (κ1) is 26.2. The number of anilines is 1. The largest absolute Gasteiger partial charge is 0.502 e. The number of ether oxygens (including phenoxy) is 2. The SMILES string of the molecule is COC(=O)C[C@H](c1ccc2ncccc2c1)c1oc(CN2CCN(c3ccc(OC)cc3)CC2)cc(=O)c1O. The van der Waals surface area contributed by atoms with Crippen molar-refractivity contribution in [1.29, 1.82) is 0 Å². The number of pyridine rings is 1. The van der Waals surface area contributed by atoms with Gasteiger partial charge in [0.1, 0.15) is 11.5 Å². The number of carbonyl (C=O) groups is 1. The fourth-order valence-corrected chi connectivity index (χ4v) is 4.97. The highest BCUT2D eigenvalue weighted by Crippen LogP contribution is 2.35. The maximum Gasteiger partial charge on any atom is 0.306 e. The van der Waals surface area contributed by atoms with Gasteiger partial charge < -0.3 is 23.9 Å². The molecule has 202 valence electrons. The highest BCUT2D eigenvalue weighted by Gasteiger charge is 2.27. The standard InChI is InChI=1S/C30H31N3O6/c1-37-23-8-6-22(7-9-23)33-14-12-32(13-15-33)19-24-17-27(34)29(36)30(39-24)25(18-28(35)38-2)20-5-10-26-21(16-20)4-3-11-31-26/h3-11,16-17,25,36H,12-15,18-19H2,1-2H3/t25-/m1/s1. The van der Waals surface area contributed by atoms with Crippen LogP contribution in [-0.4, -0.2) is 61.4 Å². The van der Waals surface area contributed by atoms with Gasteiger partial charge in [0.15, 0.2) is 5.76 Å². The van der Waals surface area contributed by atoms with E-state index in [2.05, 4.69) is 14.8 Å². The monoisotopic (exact) mass is 529 g/mol. The molecular formula is C30H31N3O6. The van der Waals surface area contributed by atoms with Gasteiger partial charge in [-0.2, -0.15) is 0 Å². The second-order valence-corrected chi connectivity index (χ2v) is 9.54. The topological polar surface area (TPSA) is 105 Å². The van der Waals surface area contributed by atoms with Gasteiger partial charge >= 0.3 is 5.97 Å². The molecule has 0 spiro atoms. The van der Waals surface area contributed by atoms with E-state index in [1.54, 1.807) is 13.3 Å². The van der Waals surface area contributed by atoms with Crippen molar-refractivity contribution in [3.63, 3.8) is 0 Å². The second kappa shape index (κ2) is 11.6. The van der Waals surface area contributed by atoms with E-state index >= 15 is 0 Å². The van der Waals surface area contributed by atoms with Crippen LogP contribution in [0.2, 0.25) is 0 Å². The predicted octanol–water partition coefficient (Wildman–Crippen LogP) is 3.92. The van der Waals surface area contributed by atoms with Crippen molar-refractivity contribution in [2.45, 2.75) is 18.9 Å². The summed E-state index contributed by atoms with van der Waals surface area (Å²) in [6.07, 6.45) is 1.61. The summed E-state index contributed by atoms with van der Waals surface area (Å²) < 4.78 is 16.3. The van der Waals surface area contributed by atoms with Crippen molar-refractivity contribution >= 4 is 22.6 Å². The Morgan fingerprint density at radius 1 is 1.05 bits per heavy atom. The Balaban J connectivity index is 1.38. The van der Waals surface area contributed by atoms with E-state index in [1.165, 1.54) is 13.2 Å². The predicted molar refractivity (Wildman–Crippen MR) is 147 cm³/mol. The van der Waals surface area contributed by atoms with Crippen molar-refractivity contribution in [2.24, 2.45) is 0 Å². The molecule has 0 aliphatic carbocycles. The first-order valence-corrected chi connectivity index (χ1v) is 12.8. The van der Waals surface area contributed by atoms with Crippen molar-refractivity contribution in [2.75, 3.05) is 45.3 Å². The summed E-state index contributed by atoms with van der Waals surface area (Å²) in [6, 6.07) is 18.6. The Bertz CT molecular complexity index is 1510. The lowest BCUT2D eigenvalue weighted by atomic mass is 9.91. The van der Waals surface area contributed by atoms with Gasteiger partial charge in [-0.25, -0.2) is 0 Å². The summed E-state index contributed by atoms with van der Waals surface area (Å²) in [5.74, 6) is -0.370. The number of hydrogen-bond acceptors (Lipinski definition) is 9. The van der Waals surface area contributed by atoms with Crippen molar-refractivity contribution in [3.8, 4) is 11.5 Å². The van der Waals surface area contributed by atoms with Crippen molar-refractivity contribution in [3.05, 3.63) is 94.2 Å². The lowest BCUT2D eigenvalue weighted by molar-refractivity contribution is -0.140. The van der Waals surface area contributed by atoms with Gasteiger partial charge in [0.2, 0.25) is 11.2 Å². The summed E-state index contributed by atoms with van der Waals surface area (Å²) in [5, 5.41) is 11.6. The van der Waals surface area contributed by atoms with Crippen LogP contribution in [0.3, 0.4) is 0 Å². The third-order valence-electron chi connectivity index (χ3n) is 7.13. The third kappa shape index (κ3) is 5.88. The number of hydrogen-bond donors (Lipinski definition) is 1. The molecule has 1 atom stereocenters. The zero-order valence-corrected chi connectivity index (χ0v) is 22.0. The molecule has 0 saturated carbocycles. The maximum atomic E-state index is 12.8. The molecule has 1 N–H and O–H groups in total. The minimum absolute atomic E-state index is 0.0583. The number of piperazine rings is 1. The molecular weight excluding hydrogens is 498 g/mol. The van der Waals surface area contributed by atoms with Gasteiger partial charge in [-0.15, -0.1) is 0 Å². The Hall–Kier alpha value is -4.37. The number of esters is 1. The molecule has 1 fully saturated rings. The molecule has 2 aromatic carbocycles. The van der Waals surface area contributed by atoms with Crippen molar-refractivity contribution < 1.29 is 23.8 Å². The number of benzene rings is 2. The van der Waals surface area contributed by atoms with Crippen LogP contribution < -0.4 is 15.1 Å². The minimum atomic E-state index is -0.707. The van der Waals surface area contributed by atoms with E-state index in [-0.39, 0.29) is 12.2 Å². The van der Waals surface area contributed by atoms with Gasteiger partial charge in [-0.05, 0) is 48.0 Å². The van der Waals surface area contributed by atoms with Gasteiger partial charge in [0.25, 0.3) is 0 Å². The summed E-state index contributed by atoms with van der Waals surface area (Å²) in [5.41, 5.74) is 2.10. The minimum Gasteiger partial charge on any atom is -0.502 e. The Kier molecular flexibility index (Phi) is 7.79. The van der Waals surface area contributed by atoms with Crippen molar-refractivity contribution in [1.82, 2.24) is 9.88 Å². The fourth-order valence-electron chi connectivity index (χ4n) is 4.97. The molecule has 0 bridgehead atoms. The second-order valence-electron chi connectivity index (χ2n) is 9.54. The van der Waals surface area contributed by atoms with E-state index in [1.807, 2.05) is 54.6 Å². The Morgan fingerprint density at radius 2 is 1.82 bits per heavy atom. The molecule has 5 rings (SSSR count). The zero-order valence-electron chi connectivity index (χ0n) is 22.0. The smallest absolute Gasteiger partial charge is 0.306 e. The average molecular weight is 530 g/mol. The van der Waals surface area contributed by atoms with Crippen LogP contribution in [0.25, 0.3) is 10.9 Å². The quantitative estimate of drug-likeness (QED) is 0.340. The first-order chi connectivity index (χ1) is 18.9. The molecule has 4 aromatic rings. The fraction of sp³-hybridized carbons (Fsp3) is 0.300. The molecule has 0 amide bonds. The number of carbonyl (C=O) groups excluding carboxylic acids is 1.